The molecule has 1 amide bonds. The van der Waals surface area contributed by atoms with Crippen LogP contribution in [0.2, 0.25) is 0 Å². The normalized spacial score (nSPS) is 15.7. The number of nitrogens with zero attached hydrogens (tertiary/aromatic N) is 2. The molecule has 1 aliphatic rings. The number of benzene rings is 1. The van der Waals surface area contributed by atoms with Gasteiger partial charge in [0, 0.05) is 13.6 Å². The second-order valence-corrected chi connectivity index (χ2v) is 6.70. The molecule has 1 aromatic rings. The SMILES string of the molecule is C#CCOc1c(I)cc(/C=C2/C(=O)N(CC)C(=S)N2C)cc1OCC. The molecule has 0 saturated carbocycles. The molecule has 1 aromatic carbocycles. The van der Waals surface area contributed by atoms with Crippen LogP contribution in [0.15, 0.2) is 17.8 Å². The zero-order valence-corrected chi connectivity index (χ0v) is 17.3. The van der Waals surface area contributed by atoms with E-state index in [1.807, 2.05) is 26.0 Å². The van der Waals surface area contributed by atoms with Crippen molar-refractivity contribution in [3.8, 4) is 23.8 Å². The van der Waals surface area contributed by atoms with Gasteiger partial charge in [-0.25, -0.2) is 0 Å². The number of amides is 1. The van der Waals surface area contributed by atoms with Crippen molar-refractivity contribution in [2.24, 2.45) is 0 Å². The lowest BCUT2D eigenvalue weighted by molar-refractivity contribution is -0.122. The molecule has 0 bridgehead atoms. The Kier molecular flexibility index (Phi) is 6.67. The molecule has 1 saturated heterocycles. The van der Waals surface area contributed by atoms with E-state index in [4.69, 9.17) is 28.1 Å². The Morgan fingerprint density at radius 3 is 2.64 bits per heavy atom. The Morgan fingerprint density at radius 2 is 2.08 bits per heavy atom. The predicted octanol–water partition coefficient (Wildman–Crippen LogP) is 3.12. The van der Waals surface area contributed by atoms with Gasteiger partial charge >= 0.3 is 0 Å². The van der Waals surface area contributed by atoms with Crippen LogP contribution in [0.5, 0.6) is 11.5 Å². The van der Waals surface area contributed by atoms with E-state index in [9.17, 15) is 4.79 Å². The molecule has 7 heteroatoms. The summed E-state index contributed by atoms with van der Waals surface area (Å²) >= 11 is 7.49. The van der Waals surface area contributed by atoms with E-state index >= 15 is 0 Å². The number of hydrogen-bond donors (Lipinski definition) is 0. The summed E-state index contributed by atoms with van der Waals surface area (Å²) in [6.07, 6.45) is 7.08. The van der Waals surface area contributed by atoms with Gasteiger partial charge in [0.15, 0.2) is 16.6 Å². The van der Waals surface area contributed by atoms with Crippen molar-refractivity contribution in [2.45, 2.75) is 13.8 Å². The Morgan fingerprint density at radius 1 is 1.36 bits per heavy atom. The summed E-state index contributed by atoms with van der Waals surface area (Å²) in [5.41, 5.74) is 1.36. The van der Waals surface area contributed by atoms with Gasteiger partial charge in [-0.1, -0.05) is 5.92 Å². The third-order valence-electron chi connectivity index (χ3n) is 3.59. The molecule has 2 rings (SSSR count). The van der Waals surface area contributed by atoms with Crippen molar-refractivity contribution in [3.63, 3.8) is 0 Å². The monoisotopic (exact) mass is 470 g/mol. The maximum atomic E-state index is 12.5. The Labute approximate surface area is 167 Å². The summed E-state index contributed by atoms with van der Waals surface area (Å²) in [7, 11) is 1.79. The first-order valence-corrected chi connectivity index (χ1v) is 9.27. The number of carbonyl (C=O) groups excluding carboxylic acids is 1. The number of hydrogen-bond acceptors (Lipinski definition) is 4. The minimum Gasteiger partial charge on any atom is -0.490 e. The van der Waals surface area contributed by atoms with Crippen LogP contribution in [0.25, 0.3) is 6.08 Å². The summed E-state index contributed by atoms with van der Waals surface area (Å²) < 4.78 is 12.1. The lowest BCUT2D eigenvalue weighted by Crippen LogP contribution is -2.30. The second kappa shape index (κ2) is 8.54. The molecule has 1 heterocycles. The van der Waals surface area contributed by atoms with E-state index in [1.54, 1.807) is 22.9 Å². The van der Waals surface area contributed by atoms with Crippen molar-refractivity contribution < 1.29 is 14.3 Å². The predicted molar refractivity (Wildman–Crippen MR) is 110 cm³/mol. The van der Waals surface area contributed by atoms with Crippen molar-refractivity contribution in [3.05, 3.63) is 27.0 Å². The molecule has 0 N–H and O–H groups in total. The fraction of sp³-hybridized carbons (Fsp3) is 0.333. The molecule has 132 valence electrons. The molecule has 0 aliphatic carbocycles. The molecule has 0 radical (unpaired) electrons. The van der Waals surface area contributed by atoms with Crippen molar-refractivity contribution in [1.29, 1.82) is 0 Å². The van der Waals surface area contributed by atoms with Gasteiger partial charge < -0.3 is 14.4 Å². The van der Waals surface area contributed by atoms with Crippen LogP contribution in [0.1, 0.15) is 19.4 Å². The third-order valence-corrected chi connectivity index (χ3v) is 4.89. The first kappa shape index (κ1) is 19.5. The van der Waals surface area contributed by atoms with Gasteiger partial charge in [0.2, 0.25) is 0 Å². The maximum absolute atomic E-state index is 12.5. The number of ether oxygens (including phenoxy) is 2. The molecule has 0 aromatic heterocycles. The minimum absolute atomic E-state index is 0.101. The van der Waals surface area contributed by atoms with Crippen molar-refractivity contribution in [2.75, 3.05) is 26.8 Å². The Bertz CT molecular complexity index is 770. The summed E-state index contributed by atoms with van der Waals surface area (Å²) in [6, 6.07) is 3.75. The highest BCUT2D eigenvalue weighted by Gasteiger charge is 2.34. The summed E-state index contributed by atoms with van der Waals surface area (Å²) in [6.45, 7) is 5.00. The number of halogens is 1. The van der Waals surface area contributed by atoms with Gasteiger partial charge in [-0.2, -0.15) is 0 Å². The minimum atomic E-state index is -0.101. The first-order chi connectivity index (χ1) is 11.9. The fourth-order valence-corrected chi connectivity index (χ4v) is 3.53. The van der Waals surface area contributed by atoms with E-state index in [1.165, 1.54) is 0 Å². The van der Waals surface area contributed by atoms with Gasteiger partial charge in [-0.15, -0.1) is 6.42 Å². The van der Waals surface area contributed by atoms with E-state index in [0.29, 0.717) is 35.5 Å². The highest BCUT2D eigenvalue weighted by Crippen LogP contribution is 2.35. The highest BCUT2D eigenvalue weighted by molar-refractivity contribution is 14.1. The average Bonchev–Trinajstić information content (AvgIpc) is 2.78. The highest BCUT2D eigenvalue weighted by atomic mass is 127. The second-order valence-electron chi connectivity index (χ2n) is 5.18. The molecular weight excluding hydrogens is 451 g/mol. The van der Waals surface area contributed by atoms with E-state index in [0.717, 1.165) is 9.13 Å². The Balaban J connectivity index is 2.45. The molecule has 1 aliphatic heterocycles. The lowest BCUT2D eigenvalue weighted by Gasteiger charge is -2.14. The van der Waals surface area contributed by atoms with E-state index < -0.39 is 0 Å². The zero-order valence-electron chi connectivity index (χ0n) is 14.3. The number of thiocarbonyl (C=S) groups is 1. The standard InChI is InChI=1S/C18H19IN2O3S/c1-5-8-24-16-13(19)9-12(11-15(16)23-7-3)10-14-17(22)21(6-2)18(25)20(14)4/h1,9-11H,6-8H2,2-4H3/b14-10-. The molecule has 0 unspecified atom stereocenters. The number of terminal acetylenes is 1. The first-order valence-electron chi connectivity index (χ1n) is 7.78. The molecule has 0 atom stereocenters. The molecule has 0 spiro atoms. The summed E-state index contributed by atoms with van der Waals surface area (Å²) in [4.78, 5) is 15.8. The topological polar surface area (TPSA) is 42.0 Å². The van der Waals surface area contributed by atoms with Gasteiger partial charge in [0.05, 0.1) is 10.2 Å². The van der Waals surface area contributed by atoms with Crippen LogP contribution in [0.3, 0.4) is 0 Å². The van der Waals surface area contributed by atoms with Crippen molar-refractivity contribution in [1.82, 2.24) is 9.80 Å². The molecule has 5 nitrogen and oxygen atoms in total. The van der Waals surface area contributed by atoms with Crippen LogP contribution in [-0.4, -0.2) is 47.6 Å². The van der Waals surface area contributed by atoms with Crippen LogP contribution < -0.4 is 9.47 Å². The lowest BCUT2D eigenvalue weighted by atomic mass is 10.1. The number of rotatable bonds is 6. The summed E-state index contributed by atoms with van der Waals surface area (Å²) in [5.74, 6) is 3.56. The van der Waals surface area contributed by atoms with Crippen LogP contribution in [0, 0.1) is 15.9 Å². The zero-order chi connectivity index (χ0) is 18.6. The van der Waals surface area contributed by atoms with E-state index in [2.05, 4.69) is 28.5 Å². The van der Waals surface area contributed by atoms with Crippen LogP contribution >= 0.6 is 34.8 Å². The molecule has 1 fully saturated rings. The molecule has 25 heavy (non-hydrogen) atoms. The average molecular weight is 470 g/mol. The fourth-order valence-electron chi connectivity index (χ4n) is 2.44. The van der Waals surface area contributed by atoms with Crippen LogP contribution in [0.4, 0.5) is 0 Å². The van der Waals surface area contributed by atoms with Crippen molar-refractivity contribution >= 4 is 51.9 Å². The van der Waals surface area contributed by atoms with Gasteiger partial charge in [-0.05, 0) is 72.4 Å². The Hall–Kier alpha value is -1.79. The third kappa shape index (κ3) is 4.07. The van der Waals surface area contributed by atoms with Gasteiger partial charge in [0.25, 0.3) is 5.91 Å². The maximum Gasteiger partial charge on any atom is 0.276 e. The van der Waals surface area contributed by atoms with Gasteiger partial charge in [0.1, 0.15) is 12.3 Å². The van der Waals surface area contributed by atoms with Crippen LogP contribution in [-0.2, 0) is 4.79 Å². The van der Waals surface area contributed by atoms with E-state index in [-0.39, 0.29) is 12.5 Å². The summed E-state index contributed by atoms with van der Waals surface area (Å²) in [5, 5.41) is 0.507. The number of likely N-dealkylation sites (N-methyl/N-ethyl adjacent to an activating group) is 2. The van der Waals surface area contributed by atoms with Gasteiger partial charge in [-0.3, -0.25) is 9.69 Å². The quantitative estimate of drug-likeness (QED) is 0.277. The smallest absolute Gasteiger partial charge is 0.276 e. The largest absolute Gasteiger partial charge is 0.490 e. The molecular formula is C18H19IN2O3S. The number of carbonyl (C=O) groups is 1.